The Morgan fingerprint density at radius 3 is 1.76 bits per heavy atom. The van der Waals surface area contributed by atoms with Gasteiger partial charge in [0.15, 0.2) is 11.5 Å². The Bertz CT molecular complexity index is 1160. The Morgan fingerprint density at radius 1 is 0.757 bits per heavy atom. The molecule has 37 heavy (non-hydrogen) atoms. The average Bonchev–Trinajstić information content (AvgIpc) is 2.87. The van der Waals surface area contributed by atoms with Gasteiger partial charge in [-0.3, -0.25) is 9.59 Å². The maximum Gasteiger partial charge on any atom is 0.269 e. The van der Waals surface area contributed by atoms with Crippen LogP contribution >= 0.6 is 53.4 Å². The van der Waals surface area contributed by atoms with Crippen molar-refractivity contribution in [2.24, 2.45) is 10.3 Å². The predicted molar refractivity (Wildman–Crippen MR) is 150 cm³/mol. The Kier molecular flexibility index (Phi) is 12.9. The van der Waals surface area contributed by atoms with Gasteiger partial charge in [-0.05, 0) is 67.3 Å². The molecule has 0 aliphatic heterocycles. The van der Waals surface area contributed by atoms with Gasteiger partial charge in [-0.2, -0.15) is 0 Å². The number of carbonyl (C=O) groups is 2. The fourth-order valence-electron chi connectivity index (χ4n) is 2.84. The monoisotopic (exact) mass is 678 g/mol. The van der Waals surface area contributed by atoms with Crippen molar-refractivity contribution in [2.75, 3.05) is 24.6 Å². The minimum atomic E-state index is -0.569. The smallest absolute Gasteiger partial charge is 0.269 e. The van der Waals surface area contributed by atoms with Crippen molar-refractivity contribution < 1.29 is 35.3 Å². The average molecular weight is 680 g/mol. The number of phenolic OH excluding ortho intramolecular Hbond substituents is 3. The van der Waals surface area contributed by atoms with Gasteiger partial charge >= 0.3 is 0 Å². The van der Waals surface area contributed by atoms with Crippen LogP contribution in [0, 0.1) is 0 Å². The molecule has 0 aliphatic rings. The zero-order valence-electron chi connectivity index (χ0n) is 19.1. The lowest BCUT2D eigenvalue weighted by Crippen LogP contribution is -2.34. The number of halogens is 2. The summed E-state index contributed by atoms with van der Waals surface area (Å²) >= 11 is 6.29. The first-order chi connectivity index (χ1) is 17.7. The van der Waals surface area contributed by atoms with Gasteiger partial charge in [0, 0.05) is 37.4 Å². The first kappa shape index (κ1) is 30.6. The molecule has 0 spiro atoms. The molecular weight excluding hydrogens is 656 g/mol. The molecule has 0 saturated heterocycles. The van der Waals surface area contributed by atoms with Gasteiger partial charge in [-0.25, -0.2) is 0 Å². The van der Waals surface area contributed by atoms with Crippen LogP contribution in [-0.2, 0) is 22.4 Å². The fourth-order valence-corrected chi connectivity index (χ4v) is 5.58. The molecule has 0 radical (unpaired) electrons. The number of aromatic hydroxyl groups is 3. The van der Waals surface area contributed by atoms with E-state index in [0.717, 1.165) is 0 Å². The Labute approximate surface area is 237 Å². The van der Waals surface area contributed by atoms with Gasteiger partial charge in [0.2, 0.25) is 0 Å². The van der Waals surface area contributed by atoms with Crippen LogP contribution in [0.4, 0.5) is 0 Å². The molecule has 0 atom stereocenters. The Balaban J connectivity index is 1.64. The lowest BCUT2D eigenvalue weighted by molar-refractivity contribution is -0.115. The van der Waals surface area contributed by atoms with Crippen LogP contribution in [0.1, 0.15) is 11.1 Å². The molecule has 0 saturated carbocycles. The summed E-state index contributed by atoms with van der Waals surface area (Å²) in [6.45, 7) is 0.632. The number of amides is 2. The lowest BCUT2D eigenvalue weighted by Gasteiger charge is -2.09. The molecule has 2 aromatic carbocycles. The summed E-state index contributed by atoms with van der Waals surface area (Å²) in [6, 6.07) is 7.49. The highest BCUT2D eigenvalue weighted by Crippen LogP contribution is 2.34. The minimum Gasteiger partial charge on any atom is -0.507 e. The van der Waals surface area contributed by atoms with Crippen LogP contribution in [0.25, 0.3) is 0 Å². The number of rotatable bonds is 13. The van der Waals surface area contributed by atoms with Crippen LogP contribution in [0.2, 0.25) is 0 Å². The zero-order valence-corrected chi connectivity index (χ0v) is 24.0. The van der Waals surface area contributed by atoms with E-state index >= 15 is 0 Å². The molecule has 2 aromatic rings. The summed E-state index contributed by atoms with van der Waals surface area (Å²) in [6.07, 6.45) is 0.0344. The van der Waals surface area contributed by atoms with Crippen LogP contribution < -0.4 is 10.6 Å². The number of nitrogens with one attached hydrogen (secondary N) is 2. The third-order valence-electron chi connectivity index (χ3n) is 4.65. The summed E-state index contributed by atoms with van der Waals surface area (Å²) < 4.78 is 0.716. The summed E-state index contributed by atoms with van der Waals surface area (Å²) in [4.78, 5) is 24.5. The van der Waals surface area contributed by atoms with Crippen molar-refractivity contribution in [1.29, 1.82) is 0 Å². The third kappa shape index (κ3) is 9.98. The number of phenols is 3. The molecule has 0 fully saturated rings. The van der Waals surface area contributed by atoms with Crippen molar-refractivity contribution in [3.8, 4) is 17.2 Å². The van der Waals surface area contributed by atoms with E-state index in [2.05, 4.69) is 52.8 Å². The molecule has 0 heterocycles. The predicted octanol–water partition coefficient (Wildman–Crippen LogP) is 3.39. The zero-order chi connectivity index (χ0) is 27.4. The second-order valence-corrected chi connectivity index (χ2v) is 11.7. The summed E-state index contributed by atoms with van der Waals surface area (Å²) in [5, 5.41) is 58.6. The molecule has 2 rings (SSSR count). The van der Waals surface area contributed by atoms with Gasteiger partial charge in [0.25, 0.3) is 11.8 Å². The van der Waals surface area contributed by atoms with E-state index in [1.165, 1.54) is 39.8 Å². The molecule has 0 unspecified atom stereocenters. The standard InChI is InChI=1S/C22H24Br2N4O7S2/c23-14-7-12(1-2-18(14)29)9-16(27-34)21(32)25-3-5-36-37-6-4-26-22(33)17(28-35)10-13-8-15(24)20(31)19(30)11-13/h1-2,7-8,11,29-31,34-35H,3-6,9-10H2,(H,25,32)(H,26,33)/b27-16-,28-17-. The summed E-state index contributed by atoms with van der Waals surface area (Å²) in [5.41, 5.74) is 0.929. The van der Waals surface area contributed by atoms with Crippen LogP contribution in [-0.4, -0.2) is 73.6 Å². The number of hydrogen-bond acceptors (Lipinski definition) is 11. The van der Waals surface area contributed by atoms with Crippen LogP contribution in [0.15, 0.2) is 49.6 Å². The molecule has 11 nitrogen and oxygen atoms in total. The number of carbonyl (C=O) groups excluding carboxylic acids is 2. The third-order valence-corrected chi connectivity index (χ3v) is 8.30. The second kappa shape index (κ2) is 15.6. The normalized spacial score (nSPS) is 11.8. The molecule has 200 valence electrons. The van der Waals surface area contributed by atoms with E-state index in [4.69, 9.17) is 0 Å². The van der Waals surface area contributed by atoms with Crippen LogP contribution in [0.3, 0.4) is 0 Å². The SMILES string of the molecule is O=C(NCCSSCCNC(=O)/C(Cc1cc(O)c(O)c(Br)c1)=N\O)/C(Cc1ccc(O)c(Br)c1)=N\O. The molecular formula is C22H24Br2N4O7S2. The molecule has 0 bridgehead atoms. The van der Waals surface area contributed by atoms with Crippen molar-refractivity contribution in [2.45, 2.75) is 12.8 Å². The molecule has 0 aliphatic carbocycles. The van der Waals surface area contributed by atoms with Gasteiger partial charge < -0.3 is 36.4 Å². The van der Waals surface area contributed by atoms with E-state index in [1.54, 1.807) is 12.1 Å². The van der Waals surface area contributed by atoms with Crippen molar-refractivity contribution in [1.82, 2.24) is 10.6 Å². The first-order valence-corrected chi connectivity index (χ1v) is 14.6. The highest BCUT2D eigenvalue weighted by Gasteiger charge is 2.16. The van der Waals surface area contributed by atoms with E-state index in [0.29, 0.717) is 40.2 Å². The molecule has 7 N–H and O–H groups in total. The molecule has 2 amide bonds. The van der Waals surface area contributed by atoms with Gasteiger partial charge in [0.1, 0.15) is 17.2 Å². The Morgan fingerprint density at radius 2 is 1.27 bits per heavy atom. The van der Waals surface area contributed by atoms with Crippen molar-refractivity contribution >= 4 is 76.7 Å². The quantitative estimate of drug-likeness (QED) is 0.0416. The topological polar surface area (TPSA) is 184 Å². The Hall–Kier alpha value is -2.62. The van der Waals surface area contributed by atoms with Crippen molar-refractivity contribution in [3.63, 3.8) is 0 Å². The number of hydrogen-bond donors (Lipinski definition) is 7. The maximum absolute atomic E-state index is 12.2. The highest BCUT2D eigenvalue weighted by atomic mass is 79.9. The van der Waals surface area contributed by atoms with Gasteiger partial charge in [-0.15, -0.1) is 0 Å². The summed E-state index contributed by atoms with van der Waals surface area (Å²) in [7, 11) is 2.94. The number of oxime groups is 2. The van der Waals surface area contributed by atoms with Gasteiger partial charge in [-0.1, -0.05) is 38.0 Å². The lowest BCUT2D eigenvalue weighted by atomic mass is 10.1. The first-order valence-electron chi connectivity index (χ1n) is 10.6. The minimum absolute atomic E-state index is 0.0560. The van der Waals surface area contributed by atoms with E-state index < -0.39 is 11.8 Å². The van der Waals surface area contributed by atoms with Crippen molar-refractivity contribution in [3.05, 3.63) is 50.4 Å². The largest absolute Gasteiger partial charge is 0.507 e. The number of nitrogens with zero attached hydrogens (tertiary/aromatic N) is 2. The number of benzene rings is 2. The van der Waals surface area contributed by atoms with E-state index in [1.807, 2.05) is 0 Å². The molecule has 15 heteroatoms. The molecule has 0 aromatic heterocycles. The maximum atomic E-state index is 12.2. The van der Waals surface area contributed by atoms with E-state index in [9.17, 15) is 35.3 Å². The van der Waals surface area contributed by atoms with Crippen LogP contribution in [0.5, 0.6) is 17.2 Å². The fraction of sp³-hybridized carbons (Fsp3) is 0.273. The second-order valence-electron chi connectivity index (χ2n) is 7.33. The summed E-state index contributed by atoms with van der Waals surface area (Å²) in [5.74, 6) is -0.582. The van der Waals surface area contributed by atoms with E-state index in [-0.39, 0.29) is 46.0 Å². The van der Waals surface area contributed by atoms with Gasteiger partial charge in [0.05, 0.1) is 8.95 Å². The highest BCUT2D eigenvalue weighted by molar-refractivity contribution is 9.11.